The molecule has 0 aliphatic rings. The third-order valence-electron chi connectivity index (χ3n) is 2.68. The van der Waals surface area contributed by atoms with Gasteiger partial charge in [-0.2, -0.15) is 0 Å². The van der Waals surface area contributed by atoms with Gasteiger partial charge in [0.15, 0.2) is 0 Å². The van der Waals surface area contributed by atoms with E-state index in [-0.39, 0.29) is 0 Å². The number of benzene rings is 1. The first-order valence-corrected chi connectivity index (χ1v) is 7.82. The van der Waals surface area contributed by atoms with Crippen molar-refractivity contribution >= 4 is 35.0 Å². The summed E-state index contributed by atoms with van der Waals surface area (Å²) in [6.07, 6.45) is 3.42. The summed E-state index contributed by atoms with van der Waals surface area (Å²) in [7, 11) is 0. The summed E-state index contributed by atoms with van der Waals surface area (Å²) in [6, 6.07) is 7.84. The first-order chi connectivity index (χ1) is 9.22. The van der Waals surface area contributed by atoms with Crippen molar-refractivity contribution in [3.63, 3.8) is 0 Å². The van der Waals surface area contributed by atoms with Crippen LogP contribution in [0.15, 0.2) is 35.6 Å². The van der Waals surface area contributed by atoms with Gasteiger partial charge in [-0.1, -0.05) is 54.7 Å². The molecule has 0 fully saturated rings. The molecule has 0 aliphatic carbocycles. The van der Waals surface area contributed by atoms with Gasteiger partial charge in [0.25, 0.3) is 0 Å². The number of thioether (sulfide) groups is 1. The Kier molecular flexibility index (Phi) is 5.49. The Morgan fingerprint density at radius 3 is 2.68 bits per heavy atom. The predicted molar refractivity (Wildman–Crippen MR) is 82.1 cm³/mol. The van der Waals surface area contributed by atoms with E-state index in [9.17, 15) is 0 Å². The minimum absolute atomic E-state index is 0.554. The fourth-order valence-electron chi connectivity index (χ4n) is 1.72. The van der Waals surface area contributed by atoms with Crippen LogP contribution in [0.1, 0.15) is 24.5 Å². The van der Waals surface area contributed by atoms with Gasteiger partial charge >= 0.3 is 0 Å². The number of rotatable bonds is 5. The van der Waals surface area contributed by atoms with E-state index >= 15 is 0 Å². The lowest BCUT2D eigenvalue weighted by Crippen LogP contribution is -1.96. The second-order valence-electron chi connectivity index (χ2n) is 4.08. The van der Waals surface area contributed by atoms with Gasteiger partial charge in [-0.25, -0.2) is 9.97 Å². The van der Waals surface area contributed by atoms with Crippen LogP contribution in [-0.2, 0) is 12.2 Å². The molecular weight excluding hydrogens is 299 g/mol. The zero-order chi connectivity index (χ0) is 13.7. The van der Waals surface area contributed by atoms with Crippen molar-refractivity contribution < 1.29 is 0 Å². The van der Waals surface area contributed by atoms with Gasteiger partial charge in [-0.05, 0) is 18.1 Å². The van der Waals surface area contributed by atoms with E-state index in [1.807, 2.05) is 24.3 Å². The van der Waals surface area contributed by atoms with Gasteiger partial charge in [-0.15, -0.1) is 11.8 Å². The molecule has 0 N–H and O–H groups in total. The van der Waals surface area contributed by atoms with Crippen LogP contribution in [0.4, 0.5) is 0 Å². The molecule has 2 aromatic rings. The minimum atomic E-state index is 0.554. The second-order valence-corrected chi connectivity index (χ2v) is 5.81. The van der Waals surface area contributed by atoms with Crippen LogP contribution in [0.2, 0.25) is 10.2 Å². The number of halogens is 2. The summed E-state index contributed by atoms with van der Waals surface area (Å²) in [5.74, 6) is 0.781. The van der Waals surface area contributed by atoms with Crippen LogP contribution < -0.4 is 0 Å². The van der Waals surface area contributed by atoms with E-state index in [1.54, 1.807) is 11.8 Å². The van der Waals surface area contributed by atoms with E-state index < -0.39 is 0 Å². The van der Waals surface area contributed by atoms with Gasteiger partial charge in [0.05, 0.1) is 0 Å². The summed E-state index contributed by atoms with van der Waals surface area (Å²) in [5.41, 5.74) is 2.13. The number of hydrogen-bond acceptors (Lipinski definition) is 3. The van der Waals surface area contributed by atoms with E-state index in [2.05, 4.69) is 16.9 Å². The fraction of sp³-hybridized carbons (Fsp3) is 0.286. The highest BCUT2D eigenvalue weighted by atomic mass is 35.5. The molecule has 0 atom stereocenters. The predicted octanol–water partition coefficient (Wildman–Crippen LogP) is 5.03. The van der Waals surface area contributed by atoms with Crippen LogP contribution in [0.25, 0.3) is 0 Å². The van der Waals surface area contributed by atoms with Gasteiger partial charge in [0.1, 0.15) is 16.5 Å². The first kappa shape index (κ1) is 14.6. The van der Waals surface area contributed by atoms with Crippen molar-refractivity contribution in [3.05, 3.63) is 51.9 Å². The molecule has 1 aromatic heterocycles. The lowest BCUT2D eigenvalue weighted by atomic mass is 10.2. The summed E-state index contributed by atoms with van der Waals surface area (Å²) in [6.45, 7) is 2.12. The van der Waals surface area contributed by atoms with Gasteiger partial charge in [0.2, 0.25) is 0 Å². The molecule has 0 radical (unpaired) electrons. The van der Waals surface area contributed by atoms with Crippen LogP contribution in [-0.4, -0.2) is 9.97 Å². The topological polar surface area (TPSA) is 25.8 Å². The fourth-order valence-corrected chi connectivity index (χ4v) is 3.33. The Labute approximate surface area is 127 Å². The second kappa shape index (κ2) is 7.13. The maximum atomic E-state index is 6.15. The Morgan fingerprint density at radius 1 is 1.16 bits per heavy atom. The molecule has 0 aliphatic heterocycles. The van der Waals surface area contributed by atoms with Crippen molar-refractivity contribution in [1.82, 2.24) is 9.97 Å². The largest absolute Gasteiger partial charge is 0.230 e. The third-order valence-corrected chi connectivity index (χ3v) is 4.45. The van der Waals surface area contributed by atoms with Gasteiger partial charge < -0.3 is 0 Å². The maximum Gasteiger partial charge on any atom is 0.136 e. The average Bonchev–Trinajstić information content (AvgIpc) is 2.41. The van der Waals surface area contributed by atoms with Crippen molar-refractivity contribution in [2.45, 2.75) is 30.5 Å². The zero-order valence-electron chi connectivity index (χ0n) is 10.6. The Morgan fingerprint density at radius 2 is 1.95 bits per heavy atom. The molecule has 0 bridgehead atoms. The highest BCUT2D eigenvalue weighted by Crippen LogP contribution is 2.30. The molecule has 1 aromatic carbocycles. The average molecular weight is 313 g/mol. The summed E-state index contributed by atoms with van der Waals surface area (Å²) < 4.78 is 0. The Bertz CT molecular complexity index is 561. The lowest BCUT2D eigenvalue weighted by Gasteiger charge is -2.09. The van der Waals surface area contributed by atoms with E-state index in [1.165, 1.54) is 6.33 Å². The smallest absolute Gasteiger partial charge is 0.136 e. The number of nitrogens with zero attached hydrogens (tertiary/aromatic N) is 2. The minimum Gasteiger partial charge on any atom is -0.230 e. The third kappa shape index (κ3) is 3.85. The number of aromatic nitrogens is 2. The molecule has 2 rings (SSSR count). The summed E-state index contributed by atoms with van der Waals surface area (Å²) in [5, 5.41) is 2.28. The Balaban J connectivity index is 2.16. The molecule has 1 heterocycles. The highest BCUT2D eigenvalue weighted by Gasteiger charge is 2.10. The molecule has 0 spiro atoms. The molecule has 2 nitrogen and oxygen atoms in total. The normalized spacial score (nSPS) is 10.7. The molecule has 0 saturated heterocycles. The van der Waals surface area contributed by atoms with Crippen molar-refractivity contribution in [2.75, 3.05) is 0 Å². The molecule has 5 heteroatoms. The van der Waals surface area contributed by atoms with Crippen molar-refractivity contribution in [3.8, 4) is 0 Å². The van der Waals surface area contributed by atoms with E-state index in [4.69, 9.17) is 23.2 Å². The van der Waals surface area contributed by atoms with E-state index in [0.29, 0.717) is 5.15 Å². The lowest BCUT2D eigenvalue weighted by molar-refractivity contribution is 0.856. The quantitative estimate of drug-likeness (QED) is 0.572. The zero-order valence-corrected chi connectivity index (χ0v) is 12.9. The molecular formula is C14H14Cl2N2S. The molecule has 0 amide bonds. The molecule has 0 unspecified atom stereocenters. The standard InChI is InChI=1S/C14H14Cl2N2S/c1-2-5-11-13(16)17-9-18-14(11)19-8-10-6-3-4-7-12(10)15/h3-4,6-7,9H,2,5,8H2,1H3. The monoisotopic (exact) mass is 312 g/mol. The van der Waals surface area contributed by atoms with Crippen molar-refractivity contribution in [2.24, 2.45) is 0 Å². The van der Waals surface area contributed by atoms with Crippen LogP contribution >= 0.6 is 35.0 Å². The van der Waals surface area contributed by atoms with Crippen LogP contribution in [0.5, 0.6) is 0 Å². The maximum absolute atomic E-state index is 6.15. The van der Waals surface area contributed by atoms with Crippen LogP contribution in [0, 0.1) is 0 Å². The summed E-state index contributed by atoms with van der Waals surface area (Å²) in [4.78, 5) is 8.37. The van der Waals surface area contributed by atoms with Crippen molar-refractivity contribution in [1.29, 1.82) is 0 Å². The molecule has 100 valence electrons. The van der Waals surface area contributed by atoms with Gasteiger partial charge in [-0.3, -0.25) is 0 Å². The Hall–Kier alpha value is -0.770. The summed E-state index contributed by atoms with van der Waals surface area (Å²) >= 11 is 13.9. The first-order valence-electron chi connectivity index (χ1n) is 6.08. The SMILES string of the molecule is CCCc1c(Cl)ncnc1SCc1ccccc1Cl. The van der Waals surface area contributed by atoms with Gasteiger partial charge in [0, 0.05) is 16.3 Å². The molecule has 0 saturated carbocycles. The number of hydrogen-bond donors (Lipinski definition) is 0. The van der Waals surface area contributed by atoms with Crippen LogP contribution in [0.3, 0.4) is 0 Å². The molecule has 19 heavy (non-hydrogen) atoms. The highest BCUT2D eigenvalue weighted by molar-refractivity contribution is 7.98. The van der Waals surface area contributed by atoms with E-state index in [0.717, 1.165) is 39.8 Å².